The second kappa shape index (κ2) is 12.9. The predicted molar refractivity (Wildman–Crippen MR) is 174 cm³/mol. The van der Waals surface area contributed by atoms with Crippen LogP contribution in [0.2, 0.25) is 0 Å². The van der Waals surface area contributed by atoms with E-state index in [1.807, 2.05) is 59.6 Å². The highest BCUT2D eigenvalue weighted by Gasteiger charge is 2.39. The van der Waals surface area contributed by atoms with Crippen molar-refractivity contribution in [1.29, 1.82) is 0 Å². The Balaban J connectivity index is 0.959. The molecule has 4 aromatic rings. The highest BCUT2D eigenvalue weighted by atomic mass is 16.5. The van der Waals surface area contributed by atoms with Crippen LogP contribution in [0.5, 0.6) is 5.75 Å². The molecule has 0 aliphatic carbocycles. The molecular formula is C37H41N5O3. The minimum absolute atomic E-state index is 0.0189. The second-order valence-electron chi connectivity index (χ2n) is 12.6. The van der Waals surface area contributed by atoms with Crippen molar-refractivity contribution < 1.29 is 14.6 Å². The number of β-amino-alcohol motifs (C(OH)–C–C–N with tert-alkyl or cyclic N) is 1. The van der Waals surface area contributed by atoms with E-state index in [1.54, 1.807) is 0 Å². The molecule has 3 aliphatic rings. The zero-order chi connectivity index (χ0) is 30.6. The quantitative estimate of drug-likeness (QED) is 0.323. The lowest BCUT2D eigenvalue weighted by Crippen LogP contribution is -2.54. The number of nitrogens with one attached hydrogen (secondary N) is 1. The number of carbonyl (C=O) groups is 1. The summed E-state index contributed by atoms with van der Waals surface area (Å²) in [5.41, 5.74) is 3.43. The van der Waals surface area contributed by atoms with Gasteiger partial charge in [0.15, 0.2) is 0 Å². The summed E-state index contributed by atoms with van der Waals surface area (Å²) in [6.07, 6.45) is 6.12. The fourth-order valence-electron chi connectivity index (χ4n) is 6.97. The molecule has 0 radical (unpaired) electrons. The molecule has 8 nitrogen and oxygen atoms in total. The number of rotatable bonds is 8. The maximum Gasteiger partial charge on any atom is 0.226 e. The van der Waals surface area contributed by atoms with Crippen molar-refractivity contribution in [2.24, 2.45) is 10.9 Å². The molecule has 232 valence electrons. The first-order valence-electron chi connectivity index (χ1n) is 16.1. The molecule has 0 spiro atoms. The minimum atomic E-state index is -0.856. The first-order valence-corrected chi connectivity index (χ1v) is 16.1. The van der Waals surface area contributed by atoms with Crippen molar-refractivity contribution in [3.8, 4) is 11.4 Å². The molecule has 1 amide bonds. The number of amides is 1. The number of benzene rings is 3. The smallest absolute Gasteiger partial charge is 0.226 e. The second-order valence-corrected chi connectivity index (χ2v) is 12.6. The number of aliphatic hydroxyl groups is 1. The van der Waals surface area contributed by atoms with Crippen LogP contribution in [0.15, 0.2) is 102 Å². The van der Waals surface area contributed by atoms with Crippen molar-refractivity contribution in [1.82, 2.24) is 19.7 Å². The van der Waals surface area contributed by atoms with Crippen LogP contribution in [0, 0.1) is 5.92 Å². The Labute approximate surface area is 264 Å². The average molecular weight is 604 g/mol. The normalized spacial score (nSPS) is 20.9. The van der Waals surface area contributed by atoms with Gasteiger partial charge in [0, 0.05) is 61.3 Å². The van der Waals surface area contributed by atoms with E-state index >= 15 is 0 Å². The Bertz CT molecular complexity index is 1710. The Kier molecular flexibility index (Phi) is 8.41. The van der Waals surface area contributed by atoms with Crippen molar-refractivity contribution in [2.45, 2.75) is 37.4 Å². The number of fused-ring (bicyclic) bond motifs is 1. The number of ether oxygens (including phenoxy) is 1. The molecule has 2 saturated heterocycles. The summed E-state index contributed by atoms with van der Waals surface area (Å²) in [7, 11) is 0. The summed E-state index contributed by atoms with van der Waals surface area (Å²) in [4.78, 5) is 22.7. The SMILES string of the molecule is O=C([C@@H]1CCNC[C@H]1c1ccccc1)N1CCC(O)(CN2C=c3ccn(-c4ccc(OCc5ccccc5)cc4)c3=NC2)CC1. The monoisotopic (exact) mass is 603 g/mol. The third-order valence-corrected chi connectivity index (χ3v) is 9.51. The highest BCUT2D eigenvalue weighted by molar-refractivity contribution is 5.80. The van der Waals surface area contributed by atoms with E-state index in [2.05, 4.69) is 63.4 Å². The highest BCUT2D eigenvalue weighted by Crippen LogP contribution is 2.33. The molecule has 4 heterocycles. The van der Waals surface area contributed by atoms with Crippen molar-refractivity contribution in [3.05, 3.63) is 119 Å². The van der Waals surface area contributed by atoms with E-state index in [-0.39, 0.29) is 17.7 Å². The molecule has 2 atom stereocenters. The Hall–Kier alpha value is -4.40. The lowest BCUT2D eigenvalue weighted by molar-refractivity contribution is -0.141. The number of piperidine rings is 2. The summed E-state index contributed by atoms with van der Waals surface area (Å²) in [5, 5.41) is 16.1. The summed E-state index contributed by atoms with van der Waals surface area (Å²) >= 11 is 0. The van der Waals surface area contributed by atoms with Gasteiger partial charge in [-0.05, 0) is 67.3 Å². The fraction of sp³-hybridized carbons (Fsp3) is 0.351. The van der Waals surface area contributed by atoms with E-state index in [9.17, 15) is 9.90 Å². The predicted octanol–water partition coefficient (Wildman–Crippen LogP) is 3.43. The van der Waals surface area contributed by atoms with Crippen LogP contribution < -0.4 is 20.8 Å². The molecule has 1 aromatic heterocycles. The van der Waals surface area contributed by atoms with Gasteiger partial charge in [0.1, 0.15) is 24.5 Å². The number of nitrogens with zero attached hydrogens (tertiary/aromatic N) is 4. The summed E-state index contributed by atoms with van der Waals surface area (Å²) in [6, 6.07) is 30.7. The third-order valence-electron chi connectivity index (χ3n) is 9.51. The molecule has 2 N–H and O–H groups in total. The molecule has 0 bridgehead atoms. The van der Waals surface area contributed by atoms with E-state index in [1.165, 1.54) is 5.56 Å². The zero-order valence-electron chi connectivity index (χ0n) is 25.6. The zero-order valence-corrected chi connectivity index (χ0v) is 25.6. The van der Waals surface area contributed by atoms with Gasteiger partial charge in [-0.2, -0.15) is 0 Å². The number of hydrogen-bond donors (Lipinski definition) is 2. The van der Waals surface area contributed by atoms with Gasteiger partial charge in [0.05, 0.1) is 5.60 Å². The van der Waals surface area contributed by atoms with Crippen LogP contribution in [-0.4, -0.2) is 70.4 Å². The average Bonchev–Trinajstić information content (AvgIpc) is 3.51. The van der Waals surface area contributed by atoms with Gasteiger partial charge in [-0.1, -0.05) is 60.7 Å². The molecule has 0 unspecified atom stereocenters. The van der Waals surface area contributed by atoms with Crippen LogP contribution in [0.4, 0.5) is 0 Å². The number of hydrogen-bond acceptors (Lipinski definition) is 6. The van der Waals surface area contributed by atoms with Crippen molar-refractivity contribution in [3.63, 3.8) is 0 Å². The van der Waals surface area contributed by atoms with E-state index in [0.29, 0.717) is 45.8 Å². The number of likely N-dealkylation sites (tertiary alicyclic amines) is 1. The molecular weight excluding hydrogens is 562 g/mol. The molecule has 45 heavy (non-hydrogen) atoms. The van der Waals surface area contributed by atoms with E-state index < -0.39 is 5.60 Å². The first-order chi connectivity index (χ1) is 22.0. The fourth-order valence-corrected chi connectivity index (χ4v) is 6.97. The third kappa shape index (κ3) is 6.53. The number of aromatic nitrogens is 1. The van der Waals surface area contributed by atoms with E-state index in [0.717, 1.165) is 47.2 Å². The molecule has 7 rings (SSSR count). The van der Waals surface area contributed by atoms with Crippen molar-refractivity contribution >= 4 is 12.1 Å². The van der Waals surface area contributed by atoms with Gasteiger partial charge in [-0.25, -0.2) is 4.99 Å². The maximum atomic E-state index is 13.7. The largest absolute Gasteiger partial charge is 0.489 e. The van der Waals surface area contributed by atoms with Gasteiger partial charge in [0.2, 0.25) is 5.91 Å². The first kappa shape index (κ1) is 29.3. The Morgan fingerprint density at radius 2 is 1.69 bits per heavy atom. The topological polar surface area (TPSA) is 82.3 Å². The van der Waals surface area contributed by atoms with Crippen LogP contribution in [0.3, 0.4) is 0 Å². The van der Waals surface area contributed by atoms with Crippen LogP contribution in [0.1, 0.15) is 36.3 Å². The molecule has 8 heteroatoms. The maximum absolute atomic E-state index is 13.7. The van der Waals surface area contributed by atoms with Gasteiger partial charge in [-0.15, -0.1) is 0 Å². The molecule has 2 fully saturated rings. The van der Waals surface area contributed by atoms with Gasteiger partial charge < -0.3 is 29.5 Å². The lowest BCUT2D eigenvalue weighted by atomic mass is 9.80. The molecule has 0 saturated carbocycles. The van der Waals surface area contributed by atoms with Crippen LogP contribution >= 0.6 is 0 Å². The summed E-state index contributed by atoms with van der Waals surface area (Å²) in [5.74, 6) is 1.22. The standard InChI is InChI=1S/C37H41N5O3/c43-36(33-15-19-38-23-34(33)29-9-5-2-6-10-29)41-21-17-37(44,18-22-41)26-40-24-30-16-20-42(35(30)39-27-40)31-11-13-32(14-12-31)45-25-28-7-3-1-4-8-28/h1-14,16,20,24,33-34,38,44H,15,17-19,21-23,25-27H2/t33-,34+/m1/s1. The van der Waals surface area contributed by atoms with Crippen LogP contribution in [-0.2, 0) is 11.4 Å². The van der Waals surface area contributed by atoms with Gasteiger partial charge in [-0.3, -0.25) is 4.79 Å². The van der Waals surface area contributed by atoms with Crippen molar-refractivity contribution in [2.75, 3.05) is 39.4 Å². The molecule has 3 aromatic carbocycles. The summed E-state index contributed by atoms with van der Waals surface area (Å²) in [6.45, 7) is 4.36. The van der Waals surface area contributed by atoms with Gasteiger partial charge >= 0.3 is 0 Å². The minimum Gasteiger partial charge on any atom is -0.489 e. The van der Waals surface area contributed by atoms with Gasteiger partial charge in [0.25, 0.3) is 0 Å². The summed E-state index contributed by atoms with van der Waals surface area (Å²) < 4.78 is 8.04. The molecule has 3 aliphatic heterocycles. The Morgan fingerprint density at radius 3 is 2.44 bits per heavy atom. The number of carbonyl (C=O) groups excluding carboxylic acids is 1. The van der Waals surface area contributed by atoms with E-state index in [4.69, 9.17) is 9.73 Å². The lowest BCUT2D eigenvalue weighted by Gasteiger charge is -2.43. The van der Waals surface area contributed by atoms with Crippen LogP contribution in [0.25, 0.3) is 11.9 Å². The Morgan fingerprint density at radius 1 is 0.956 bits per heavy atom.